The molecule has 35 heavy (non-hydrogen) atoms. The zero-order valence-electron chi connectivity index (χ0n) is 21.3. The summed E-state index contributed by atoms with van der Waals surface area (Å²) in [5.41, 5.74) is 1.56. The highest BCUT2D eigenvalue weighted by Crippen LogP contribution is 2.31. The third kappa shape index (κ3) is 6.27. The van der Waals surface area contributed by atoms with Crippen molar-refractivity contribution in [2.75, 3.05) is 38.6 Å². The molecule has 2 aromatic rings. The van der Waals surface area contributed by atoms with E-state index in [1.54, 1.807) is 24.3 Å². The van der Waals surface area contributed by atoms with E-state index >= 15 is 0 Å². The van der Waals surface area contributed by atoms with Gasteiger partial charge >= 0.3 is 0 Å². The van der Waals surface area contributed by atoms with Crippen molar-refractivity contribution >= 4 is 21.6 Å². The third-order valence-electron chi connectivity index (χ3n) is 6.56. The molecule has 0 bridgehead atoms. The maximum Gasteiger partial charge on any atom is 0.262 e. The smallest absolute Gasteiger partial charge is 0.262 e. The Morgan fingerprint density at radius 1 is 1.17 bits per heavy atom. The minimum absolute atomic E-state index is 0.0401. The van der Waals surface area contributed by atoms with Gasteiger partial charge in [-0.1, -0.05) is 26.3 Å². The number of hydrogen-bond acceptors (Lipinski definition) is 6. The third-order valence-corrected chi connectivity index (χ3v) is 7.93. The number of nitrogens with zero attached hydrogens (tertiary/aromatic N) is 1. The summed E-state index contributed by atoms with van der Waals surface area (Å²) in [6.45, 7) is 8.47. The lowest BCUT2D eigenvalue weighted by molar-refractivity contribution is 0.0630. The first-order chi connectivity index (χ1) is 16.7. The van der Waals surface area contributed by atoms with Crippen LogP contribution in [0.3, 0.4) is 0 Å². The largest absolute Gasteiger partial charge is 0.493 e. The summed E-state index contributed by atoms with van der Waals surface area (Å²) in [5, 5.41) is 3.46. The lowest BCUT2D eigenvalue weighted by Crippen LogP contribution is -2.47. The number of nitrogens with one attached hydrogen (secondary N) is 2. The Labute approximate surface area is 209 Å². The van der Waals surface area contributed by atoms with Gasteiger partial charge in [0.05, 0.1) is 24.8 Å². The average Bonchev–Trinajstić information content (AvgIpc) is 3.10. The second-order valence-corrected chi connectivity index (χ2v) is 10.7. The lowest BCUT2D eigenvalue weighted by Gasteiger charge is -2.34. The highest BCUT2D eigenvalue weighted by Gasteiger charge is 2.30. The van der Waals surface area contributed by atoms with Gasteiger partial charge in [0.25, 0.3) is 15.9 Å². The molecule has 9 heteroatoms. The fourth-order valence-corrected chi connectivity index (χ4v) is 5.66. The number of carbonyl (C=O) groups is 1. The summed E-state index contributed by atoms with van der Waals surface area (Å²) in [6, 6.07) is 9.69. The molecule has 0 aromatic heterocycles. The number of anilines is 1. The van der Waals surface area contributed by atoms with Crippen LogP contribution in [0.2, 0.25) is 0 Å². The van der Waals surface area contributed by atoms with Crippen LogP contribution < -0.4 is 19.5 Å². The Kier molecular flexibility index (Phi) is 9.02. The van der Waals surface area contributed by atoms with E-state index < -0.39 is 10.0 Å². The molecular formula is C26H37N3O5S. The van der Waals surface area contributed by atoms with Gasteiger partial charge in [-0.3, -0.25) is 9.52 Å². The first-order valence-corrected chi connectivity index (χ1v) is 13.6. The Morgan fingerprint density at radius 2 is 1.91 bits per heavy atom. The van der Waals surface area contributed by atoms with E-state index in [4.69, 9.17) is 9.47 Å². The van der Waals surface area contributed by atoms with Crippen molar-refractivity contribution in [2.45, 2.75) is 51.0 Å². The van der Waals surface area contributed by atoms with E-state index in [2.05, 4.69) is 23.9 Å². The van der Waals surface area contributed by atoms with Gasteiger partial charge in [0.2, 0.25) is 0 Å². The number of benzene rings is 2. The Hall–Kier alpha value is -2.78. The quantitative estimate of drug-likeness (QED) is 0.536. The van der Waals surface area contributed by atoms with Crippen molar-refractivity contribution < 1.29 is 22.7 Å². The van der Waals surface area contributed by atoms with Crippen LogP contribution in [0.5, 0.6) is 11.5 Å². The number of rotatable bonds is 9. The number of methoxy groups -OCH3 is 2. The molecule has 2 N–H and O–H groups in total. The van der Waals surface area contributed by atoms with Crippen LogP contribution in [0.15, 0.2) is 41.3 Å². The van der Waals surface area contributed by atoms with Crippen molar-refractivity contribution in [1.82, 2.24) is 10.2 Å². The van der Waals surface area contributed by atoms with Crippen molar-refractivity contribution in [3.05, 3.63) is 47.5 Å². The van der Waals surface area contributed by atoms with Crippen LogP contribution in [0, 0.1) is 12.8 Å². The molecule has 8 nitrogen and oxygen atoms in total. The van der Waals surface area contributed by atoms with Gasteiger partial charge in [-0.05, 0) is 62.1 Å². The number of ether oxygens (including phenoxy) is 2. The van der Waals surface area contributed by atoms with Crippen LogP contribution in [-0.2, 0) is 10.0 Å². The van der Waals surface area contributed by atoms with E-state index in [1.165, 1.54) is 26.4 Å². The number of amides is 1. The minimum atomic E-state index is -3.92. The van der Waals surface area contributed by atoms with Crippen molar-refractivity contribution in [3.8, 4) is 11.5 Å². The first-order valence-electron chi connectivity index (χ1n) is 12.1. The molecule has 3 rings (SSSR count). The summed E-state index contributed by atoms with van der Waals surface area (Å²) in [4.78, 5) is 15.6. The summed E-state index contributed by atoms with van der Waals surface area (Å²) >= 11 is 0. The highest BCUT2D eigenvalue weighted by molar-refractivity contribution is 7.92. The Bertz CT molecular complexity index is 1140. The van der Waals surface area contributed by atoms with Gasteiger partial charge in [0.1, 0.15) is 0 Å². The van der Waals surface area contributed by atoms with Crippen molar-refractivity contribution in [1.29, 1.82) is 0 Å². The molecule has 1 aliphatic heterocycles. The van der Waals surface area contributed by atoms with E-state index in [0.717, 1.165) is 37.9 Å². The number of carbonyl (C=O) groups excluding carboxylic acids is 1. The van der Waals surface area contributed by atoms with E-state index in [0.29, 0.717) is 35.2 Å². The molecule has 0 radical (unpaired) electrons. The van der Waals surface area contributed by atoms with Crippen LogP contribution in [0.25, 0.3) is 0 Å². The van der Waals surface area contributed by atoms with E-state index in [-0.39, 0.29) is 16.8 Å². The zero-order valence-corrected chi connectivity index (χ0v) is 22.1. The summed E-state index contributed by atoms with van der Waals surface area (Å²) in [6.07, 6.45) is 2.98. The Morgan fingerprint density at radius 3 is 2.60 bits per heavy atom. The van der Waals surface area contributed by atoms with Gasteiger partial charge < -0.3 is 19.7 Å². The molecule has 1 amide bonds. The highest BCUT2D eigenvalue weighted by atomic mass is 32.2. The molecule has 1 saturated heterocycles. The predicted octanol–water partition coefficient (Wildman–Crippen LogP) is 4.05. The monoisotopic (exact) mass is 503 g/mol. The molecule has 0 spiro atoms. The van der Waals surface area contributed by atoms with Gasteiger partial charge in [0.15, 0.2) is 11.5 Å². The van der Waals surface area contributed by atoms with Gasteiger partial charge in [-0.25, -0.2) is 8.42 Å². The van der Waals surface area contributed by atoms with E-state index in [1.807, 2.05) is 11.8 Å². The van der Waals surface area contributed by atoms with Gasteiger partial charge in [-0.15, -0.1) is 0 Å². The topological polar surface area (TPSA) is 97.0 Å². The molecule has 1 fully saturated rings. The number of aryl methyl sites for hydroxylation is 1. The van der Waals surface area contributed by atoms with Crippen molar-refractivity contribution in [3.63, 3.8) is 0 Å². The fourth-order valence-electron chi connectivity index (χ4n) is 4.53. The molecular weight excluding hydrogens is 466 g/mol. The number of hydrogen-bond donors (Lipinski definition) is 2. The predicted molar refractivity (Wildman–Crippen MR) is 138 cm³/mol. The van der Waals surface area contributed by atoms with E-state index in [9.17, 15) is 13.2 Å². The summed E-state index contributed by atoms with van der Waals surface area (Å²) in [5.74, 6) is 1.04. The van der Waals surface area contributed by atoms with Crippen molar-refractivity contribution in [2.24, 2.45) is 5.92 Å². The Balaban J connectivity index is 1.89. The molecule has 2 unspecified atom stereocenters. The molecule has 0 saturated carbocycles. The maximum atomic E-state index is 13.6. The van der Waals surface area contributed by atoms with Crippen LogP contribution in [0.4, 0.5) is 5.69 Å². The molecule has 2 atom stereocenters. The molecule has 2 aromatic carbocycles. The summed E-state index contributed by atoms with van der Waals surface area (Å²) < 4.78 is 39.4. The molecule has 192 valence electrons. The normalized spacial score (nSPS) is 17.4. The fraction of sp³-hybridized carbons (Fsp3) is 0.500. The maximum absolute atomic E-state index is 13.6. The number of sulfonamides is 1. The van der Waals surface area contributed by atoms with Gasteiger partial charge in [-0.2, -0.15) is 0 Å². The standard InChI is InChI=1S/C26H37N3O5S/c1-6-8-19(3)23-17-27-13-7-14-29(23)26(30)20-10-9-18(2)22(15-20)28-35(31,32)21-11-12-24(33-4)25(16-21)34-5/h9-12,15-16,19,23,27-28H,6-8,13-14,17H2,1-5H3. The van der Waals surface area contributed by atoms with Crippen LogP contribution in [-0.4, -0.2) is 59.1 Å². The average molecular weight is 504 g/mol. The summed E-state index contributed by atoms with van der Waals surface area (Å²) in [7, 11) is -0.976. The minimum Gasteiger partial charge on any atom is -0.493 e. The van der Waals surface area contributed by atoms with Crippen LogP contribution in [0.1, 0.15) is 49.0 Å². The zero-order chi connectivity index (χ0) is 25.6. The van der Waals surface area contributed by atoms with Crippen LogP contribution >= 0.6 is 0 Å². The molecule has 0 aliphatic carbocycles. The molecule has 1 aliphatic rings. The SMILES string of the molecule is CCCC(C)C1CNCCCN1C(=O)c1ccc(C)c(NS(=O)(=O)c2ccc(OC)c(OC)c2)c1. The molecule has 1 heterocycles. The second-order valence-electron chi connectivity index (χ2n) is 9.04. The van der Waals surface area contributed by atoms with Gasteiger partial charge in [0, 0.05) is 30.8 Å². The lowest BCUT2D eigenvalue weighted by atomic mass is 9.94. The first kappa shape index (κ1) is 26.8. The second kappa shape index (κ2) is 11.8.